The van der Waals surface area contributed by atoms with Gasteiger partial charge in [0.2, 0.25) is 4.96 Å². The monoisotopic (exact) mass is 348 g/mol. The van der Waals surface area contributed by atoms with Crippen molar-refractivity contribution in [3.8, 4) is 16.3 Å². The number of pyridine rings is 1. The molecule has 0 saturated carbocycles. The van der Waals surface area contributed by atoms with Crippen LogP contribution in [0.1, 0.15) is 11.3 Å². The lowest BCUT2D eigenvalue weighted by Crippen LogP contribution is -2.14. The molecule has 0 bridgehead atoms. The van der Waals surface area contributed by atoms with Gasteiger partial charge in [-0.1, -0.05) is 23.5 Å². The first-order chi connectivity index (χ1) is 12.2. The van der Waals surface area contributed by atoms with Gasteiger partial charge in [0.15, 0.2) is 0 Å². The van der Waals surface area contributed by atoms with Crippen molar-refractivity contribution in [2.24, 2.45) is 0 Å². The van der Waals surface area contributed by atoms with Gasteiger partial charge < -0.3 is 5.11 Å². The van der Waals surface area contributed by atoms with Crippen molar-refractivity contribution in [1.29, 1.82) is 0 Å². The van der Waals surface area contributed by atoms with Crippen LogP contribution in [0.15, 0.2) is 59.7 Å². The van der Waals surface area contributed by atoms with E-state index >= 15 is 0 Å². The second-order valence-electron chi connectivity index (χ2n) is 5.29. The maximum Gasteiger partial charge on any atom is 0.275 e. The van der Waals surface area contributed by atoms with Crippen molar-refractivity contribution < 1.29 is 5.11 Å². The average Bonchev–Trinajstić information content (AvgIpc) is 3.06. The van der Waals surface area contributed by atoms with E-state index in [1.54, 1.807) is 42.7 Å². The topological polar surface area (TPSA) is 80.4 Å². The van der Waals surface area contributed by atoms with Crippen LogP contribution < -0.4 is 5.56 Å². The zero-order chi connectivity index (χ0) is 17.2. The molecular weight excluding hydrogens is 336 g/mol. The third kappa shape index (κ3) is 3.17. The predicted molar refractivity (Wildman–Crippen MR) is 97.4 cm³/mol. The summed E-state index contributed by atoms with van der Waals surface area (Å²) in [5.41, 5.74) is 2.07. The Morgan fingerprint density at radius 2 is 1.96 bits per heavy atom. The Hall–Kier alpha value is -3.32. The highest BCUT2D eigenvalue weighted by Gasteiger charge is 2.10. The average molecular weight is 348 g/mol. The fourth-order valence-electron chi connectivity index (χ4n) is 2.29. The molecule has 0 aliphatic rings. The molecule has 0 amide bonds. The van der Waals surface area contributed by atoms with Gasteiger partial charge >= 0.3 is 0 Å². The van der Waals surface area contributed by atoms with Gasteiger partial charge in [0.25, 0.3) is 5.56 Å². The molecule has 0 radical (unpaired) electrons. The number of phenolic OH excluding ortho intramolecular Hbond substituents is 1. The van der Waals surface area contributed by atoms with Gasteiger partial charge in [-0.25, -0.2) is 4.98 Å². The third-order valence-electron chi connectivity index (χ3n) is 3.51. The zero-order valence-corrected chi connectivity index (χ0v) is 13.7. The first-order valence-corrected chi connectivity index (χ1v) is 8.29. The van der Waals surface area contributed by atoms with E-state index in [4.69, 9.17) is 0 Å². The molecule has 0 aliphatic carbocycles. The van der Waals surface area contributed by atoms with Crippen LogP contribution in [0.25, 0.3) is 27.7 Å². The summed E-state index contributed by atoms with van der Waals surface area (Å²) in [5.74, 6) is 0.183. The smallest absolute Gasteiger partial charge is 0.275 e. The summed E-state index contributed by atoms with van der Waals surface area (Å²) >= 11 is 1.32. The summed E-state index contributed by atoms with van der Waals surface area (Å²) in [5, 5.41) is 14.4. The molecule has 0 spiro atoms. The quantitative estimate of drug-likeness (QED) is 0.615. The number of nitrogens with zero attached hydrogens (tertiary/aromatic N) is 4. The lowest BCUT2D eigenvalue weighted by Gasteiger charge is -1.94. The Balaban J connectivity index is 1.73. The molecule has 0 atom stereocenters. The van der Waals surface area contributed by atoms with E-state index in [1.165, 1.54) is 21.9 Å². The molecule has 7 heteroatoms. The molecule has 0 aliphatic heterocycles. The minimum atomic E-state index is -0.239. The zero-order valence-electron chi connectivity index (χ0n) is 12.9. The molecule has 0 fully saturated rings. The van der Waals surface area contributed by atoms with E-state index in [0.29, 0.717) is 15.7 Å². The van der Waals surface area contributed by atoms with E-state index in [0.717, 1.165) is 11.1 Å². The second-order valence-corrected chi connectivity index (χ2v) is 6.24. The van der Waals surface area contributed by atoms with Crippen LogP contribution in [-0.2, 0) is 0 Å². The SMILES string of the molecule is O=c1cc(/C=C/c2cccnc2)nc2sc(-c3ccc(O)cc3)nn12. The summed E-state index contributed by atoms with van der Waals surface area (Å²) in [7, 11) is 0. The molecule has 3 heterocycles. The summed E-state index contributed by atoms with van der Waals surface area (Å²) in [4.78, 5) is 21.3. The summed E-state index contributed by atoms with van der Waals surface area (Å²) in [6.07, 6.45) is 7.07. The van der Waals surface area contributed by atoms with Crippen LogP contribution >= 0.6 is 11.3 Å². The largest absolute Gasteiger partial charge is 0.508 e. The number of benzene rings is 1. The Morgan fingerprint density at radius 1 is 1.12 bits per heavy atom. The van der Waals surface area contributed by atoms with Gasteiger partial charge in [0, 0.05) is 24.0 Å². The van der Waals surface area contributed by atoms with Gasteiger partial charge in [0.05, 0.1) is 5.69 Å². The molecule has 0 unspecified atom stereocenters. The van der Waals surface area contributed by atoms with E-state index in [-0.39, 0.29) is 11.3 Å². The fourth-order valence-corrected chi connectivity index (χ4v) is 3.21. The van der Waals surface area contributed by atoms with Crippen LogP contribution in [0.2, 0.25) is 0 Å². The van der Waals surface area contributed by atoms with Crippen molar-refractivity contribution in [2.45, 2.75) is 0 Å². The maximum absolute atomic E-state index is 12.3. The molecule has 122 valence electrons. The van der Waals surface area contributed by atoms with Crippen LogP contribution in [0.3, 0.4) is 0 Å². The first kappa shape index (κ1) is 15.2. The Kier molecular flexibility index (Phi) is 3.83. The van der Waals surface area contributed by atoms with Crippen LogP contribution in [0, 0.1) is 0 Å². The number of aromatic nitrogens is 4. The van der Waals surface area contributed by atoms with Gasteiger partial charge in [-0.2, -0.15) is 9.61 Å². The van der Waals surface area contributed by atoms with Crippen LogP contribution in [0.4, 0.5) is 0 Å². The summed E-state index contributed by atoms with van der Waals surface area (Å²) in [6, 6.07) is 11.9. The second kappa shape index (κ2) is 6.29. The molecule has 3 aromatic heterocycles. The van der Waals surface area contributed by atoms with Crippen molar-refractivity contribution in [2.75, 3.05) is 0 Å². The Morgan fingerprint density at radius 3 is 2.72 bits per heavy atom. The fraction of sp³-hybridized carbons (Fsp3) is 0. The molecule has 25 heavy (non-hydrogen) atoms. The first-order valence-electron chi connectivity index (χ1n) is 7.47. The lowest BCUT2D eigenvalue weighted by molar-refractivity contribution is 0.475. The van der Waals surface area contributed by atoms with Gasteiger partial charge in [-0.15, -0.1) is 0 Å². The Labute approximate surface area is 146 Å². The van der Waals surface area contributed by atoms with Gasteiger partial charge in [-0.3, -0.25) is 9.78 Å². The minimum absolute atomic E-state index is 0.183. The lowest BCUT2D eigenvalue weighted by atomic mass is 10.2. The normalized spacial score (nSPS) is 11.4. The molecular formula is C18H12N4O2S. The maximum atomic E-state index is 12.3. The number of aromatic hydroxyl groups is 1. The van der Waals surface area contributed by atoms with Crippen molar-refractivity contribution in [3.05, 3.63) is 76.5 Å². The van der Waals surface area contributed by atoms with Gasteiger partial charge in [-0.05, 0) is 42.0 Å². The van der Waals surface area contributed by atoms with E-state index in [9.17, 15) is 9.90 Å². The molecule has 1 N–H and O–H groups in total. The standard InChI is InChI=1S/C18H12N4O2S/c23-15-7-4-13(5-8-15)17-21-22-16(24)10-14(20-18(22)25-17)6-3-12-2-1-9-19-11-12/h1-11,23H/b6-3+. The Bertz CT molecular complexity index is 1120. The highest BCUT2D eigenvalue weighted by atomic mass is 32.1. The number of rotatable bonds is 3. The van der Waals surface area contributed by atoms with Gasteiger partial charge in [0.1, 0.15) is 10.8 Å². The van der Waals surface area contributed by atoms with E-state index in [2.05, 4.69) is 15.1 Å². The van der Waals surface area contributed by atoms with Crippen molar-refractivity contribution in [3.63, 3.8) is 0 Å². The number of hydrogen-bond donors (Lipinski definition) is 1. The molecule has 4 rings (SSSR count). The van der Waals surface area contributed by atoms with Crippen LogP contribution in [-0.4, -0.2) is 24.7 Å². The summed E-state index contributed by atoms with van der Waals surface area (Å²) < 4.78 is 1.29. The third-order valence-corrected chi connectivity index (χ3v) is 4.47. The van der Waals surface area contributed by atoms with E-state index in [1.807, 2.05) is 18.2 Å². The summed E-state index contributed by atoms with van der Waals surface area (Å²) in [6.45, 7) is 0. The number of phenols is 1. The minimum Gasteiger partial charge on any atom is -0.508 e. The highest BCUT2D eigenvalue weighted by molar-refractivity contribution is 7.19. The van der Waals surface area contributed by atoms with Crippen molar-refractivity contribution >= 4 is 28.4 Å². The molecule has 4 aromatic rings. The number of fused-ring (bicyclic) bond motifs is 1. The molecule has 0 saturated heterocycles. The molecule has 6 nitrogen and oxygen atoms in total. The van der Waals surface area contributed by atoms with E-state index < -0.39 is 0 Å². The number of hydrogen-bond acceptors (Lipinski definition) is 6. The predicted octanol–water partition coefficient (Wildman–Crippen LogP) is 3.09. The van der Waals surface area contributed by atoms with Crippen LogP contribution in [0.5, 0.6) is 5.75 Å². The van der Waals surface area contributed by atoms with Crippen molar-refractivity contribution in [1.82, 2.24) is 19.6 Å². The molecule has 1 aromatic carbocycles. The highest BCUT2D eigenvalue weighted by Crippen LogP contribution is 2.25.